The van der Waals surface area contributed by atoms with Gasteiger partial charge < -0.3 is 9.47 Å². The number of hydrazine groups is 1. The number of rotatable bonds is 6. The lowest BCUT2D eigenvalue weighted by atomic mass is 9.87. The van der Waals surface area contributed by atoms with Gasteiger partial charge in [0, 0.05) is 4.88 Å². The van der Waals surface area contributed by atoms with Crippen molar-refractivity contribution in [2.24, 2.45) is 5.92 Å². The summed E-state index contributed by atoms with van der Waals surface area (Å²) in [5.74, 6) is 1.30. The summed E-state index contributed by atoms with van der Waals surface area (Å²) in [7, 11) is 3.11. The summed E-state index contributed by atoms with van der Waals surface area (Å²) in [6.07, 6.45) is 4.56. The fraction of sp³-hybridized carbons (Fsp3) is 0.429. The SMILES string of the molecule is CC[C@@H]1CCc2sc(C(=O)NNC(=O)Cc3ccc(OC)c(OC)c3)cc2C1. The van der Waals surface area contributed by atoms with E-state index in [1.54, 1.807) is 32.4 Å². The molecule has 1 aliphatic carbocycles. The standard InChI is InChI=1S/C21H26N2O4S/c1-4-13-6-8-18-15(9-13)12-19(28-18)21(25)23-22-20(24)11-14-5-7-16(26-2)17(10-14)27-3/h5,7,10,12-13H,4,6,8-9,11H2,1-3H3,(H,22,24)(H,23,25)/t13-/m1/s1. The van der Waals surface area contributed by atoms with Crippen molar-refractivity contribution < 1.29 is 19.1 Å². The number of benzene rings is 1. The number of fused-ring (bicyclic) bond motifs is 1. The number of aryl methyl sites for hydroxylation is 1. The number of nitrogens with one attached hydrogen (secondary N) is 2. The van der Waals surface area contributed by atoms with Crippen molar-refractivity contribution in [2.45, 2.75) is 39.0 Å². The number of hydrogen-bond donors (Lipinski definition) is 2. The highest BCUT2D eigenvalue weighted by atomic mass is 32.1. The molecule has 2 amide bonds. The molecule has 0 saturated carbocycles. The number of carbonyl (C=O) groups excluding carboxylic acids is 2. The van der Waals surface area contributed by atoms with Gasteiger partial charge in [-0.2, -0.15) is 0 Å². The second-order valence-corrected chi connectivity index (χ2v) is 8.08. The van der Waals surface area contributed by atoms with Crippen molar-refractivity contribution in [3.63, 3.8) is 0 Å². The molecule has 6 nitrogen and oxygen atoms in total. The first kappa shape index (κ1) is 20.2. The molecule has 1 aromatic heterocycles. The molecule has 0 bridgehead atoms. The fourth-order valence-electron chi connectivity index (χ4n) is 3.47. The minimum absolute atomic E-state index is 0.125. The zero-order chi connectivity index (χ0) is 20.1. The Balaban J connectivity index is 1.55. The van der Waals surface area contributed by atoms with Crippen molar-refractivity contribution >= 4 is 23.2 Å². The molecule has 0 unspecified atom stereocenters. The van der Waals surface area contributed by atoms with Gasteiger partial charge >= 0.3 is 0 Å². The number of thiophene rings is 1. The van der Waals surface area contributed by atoms with Crippen LogP contribution in [0.15, 0.2) is 24.3 Å². The molecule has 7 heteroatoms. The molecule has 0 spiro atoms. The molecular weight excluding hydrogens is 376 g/mol. The predicted molar refractivity (Wildman–Crippen MR) is 109 cm³/mol. The Bertz CT molecular complexity index is 862. The highest BCUT2D eigenvalue weighted by Crippen LogP contribution is 2.33. The van der Waals surface area contributed by atoms with Gasteiger partial charge in [-0.05, 0) is 54.5 Å². The second kappa shape index (κ2) is 9.10. The van der Waals surface area contributed by atoms with Crippen molar-refractivity contribution in [1.82, 2.24) is 10.9 Å². The fourth-order valence-corrected chi connectivity index (χ4v) is 4.57. The van der Waals surface area contributed by atoms with Gasteiger partial charge in [0.1, 0.15) is 0 Å². The monoisotopic (exact) mass is 402 g/mol. The van der Waals surface area contributed by atoms with Crippen LogP contribution in [0.3, 0.4) is 0 Å². The Morgan fingerprint density at radius 3 is 2.64 bits per heavy atom. The van der Waals surface area contributed by atoms with E-state index in [0.717, 1.165) is 18.4 Å². The van der Waals surface area contributed by atoms with E-state index in [0.29, 0.717) is 22.3 Å². The van der Waals surface area contributed by atoms with Crippen molar-refractivity contribution in [2.75, 3.05) is 14.2 Å². The molecule has 2 N–H and O–H groups in total. The number of ether oxygens (including phenoxy) is 2. The van der Waals surface area contributed by atoms with Gasteiger partial charge in [0.25, 0.3) is 5.91 Å². The van der Waals surface area contributed by atoms with Crippen LogP contribution in [-0.2, 0) is 24.1 Å². The second-order valence-electron chi connectivity index (χ2n) is 6.94. The minimum Gasteiger partial charge on any atom is -0.493 e. The molecule has 1 aliphatic rings. The Morgan fingerprint density at radius 2 is 1.93 bits per heavy atom. The van der Waals surface area contributed by atoms with E-state index in [4.69, 9.17) is 9.47 Å². The maximum Gasteiger partial charge on any atom is 0.279 e. The van der Waals surface area contributed by atoms with E-state index in [2.05, 4.69) is 17.8 Å². The first-order valence-corrected chi connectivity index (χ1v) is 10.3. The van der Waals surface area contributed by atoms with Crippen LogP contribution in [-0.4, -0.2) is 26.0 Å². The third kappa shape index (κ3) is 4.65. The maximum absolute atomic E-state index is 12.4. The molecule has 1 aromatic carbocycles. The lowest BCUT2D eigenvalue weighted by Gasteiger charge is -2.19. The summed E-state index contributed by atoms with van der Waals surface area (Å²) in [5, 5.41) is 0. The van der Waals surface area contributed by atoms with Crippen LogP contribution < -0.4 is 20.3 Å². The van der Waals surface area contributed by atoms with Crippen LogP contribution in [0.4, 0.5) is 0 Å². The smallest absolute Gasteiger partial charge is 0.279 e. The molecule has 3 rings (SSSR count). The molecule has 2 aromatic rings. The van der Waals surface area contributed by atoms with Crippen molar-refractivity contribution in [3.05, 3.63) is 45.1 Å². The molecule has 0 fully saturated rings. The van der Waals surface area contributed by atoms with Crippen LogP contribution in [0, 0.1) is 5.92 Å². The topological polar surface area (TPSA) is 76.7 Å². The van der Waals surface area contributed by atoms with E-state index in [1.807, 2.05) is 6.07 Å². The Hall–Kier alpha value is -2.54. The summed E-state index contributed by atoms with van der Waals surface area (Å²) in [6.45, 7) is 2.21. The molecule has 150 valence electrons. The zero-order valence-electron chi connectivity index (χ0n) is 16.5. The summed E-state index contributed by atoms with van der Waals surface area (Å²) < 4.78 is 10.4. The number of methoxy groups -OCH3 is 2. The minimum atomic E-state index is -0.298. The first-order chi connectivity index (χ1) is 13.5. The van der Waals surface area contributed by atoms with E-state index < -0.39 is 0 Å². The number of amides is 2. The zero-order valence-corrected chi connectivity index (χ0v) is 17.3. The van der Waals surface area contributed by atoms with E-state index in [1.165, 1.54) is 34.6 Å². The molecule has 0 saturated heterocycles. The first-order valence-electron chi connectivity index (χ1n) is 9.45. The van der Waals surface area contributed by atoms with Crippen LogP contribution in [0.2, 0.25) is 0 Å². The van der Waals surface area contributed by atoms with Gasteiger partial charge in [-0.3, -0.25) is 20.4 Å². The van der Waals surface area contributed by atoms with E-state index >= 15 is 0 Å². The van der Waals surface area contributed by atoms with Crippen molar-refractivity contribution in [1.29, 1.82) is 0 Å². The van der Waals surface area contributed by atoms with Crippen molar-refractivity contribution in [3.8, 4) is 11.5 Å². The lowest BCUT2D eigenvalue weighted by Crippen LogP contribution is -2.42. The van der Waals surface area contributed by atoms with Gasteiger partial charge in [-0.25, -0.2) is 0 Å². The molecule has 1 atom stereocenters. The van der Waals surface area contributed by atoms with Crippen LogP contribution in [0.1, 0.15) is 45.4 Å². The number of hydrogen-bond acceptors (Lipinski definition) is 5. The predicted octanol–water partition coefficient (Wildman–Crippen LogP) is 3.28. The maximum atomic E-state index is 12.4. The highest BCUT2D eigenvalue weighted by Gasteiger charge is 2.22. The van der Waals surface area contributed by atoms with Gasteiger partial charge in [0.05, 0.1) is 25.5 Å². The molecule has 28 heavy (non-hydrogen) atoms. The van der Waals surface area contributed by atoms with Gasteiger partial charge in [0.2, 0.25) is 5.91 Å². The average Bonchev–Trinajstić information content (AvgIpc) is 3.15. The van der Waals surface area contributed by atoms with Gasteiger partial charge in [0.15, 0.2) is 11.5 Å². The largest absolute Gasteiger partial charge is 0.493 e. The van der Waals surface area contributed by atoms with Crippen LogP contribution in [0.25, 0.3) is 0 Å². The quantitative estimate of drug-likeness (QED) is 0.727. The van der Waals surface area contributed by atoms with Gasteiger partial charge in [-0.15, -0.1) is 11.3 Å². The summed E-state index contributed by atoms with van der Waals surface area (Å²) in [4.78, 5) is 26.5. The summed E-state index contributed by atoms with van der Waals surface area (Å²) in [6, 6.07) is 7.26. The van der Waals surface area contributed by atoms with E-state index in [9.17, 15) is 9.59 Å². The molecule has 1 heterocycles. The highest BCUT2D eigenvalue weighted by molar-refractivity contribution is 7.14. The van der Waals surface area contributed by atoms with Gasteiger partial charge in [-0.1, -0.05) is 19.4 Å². The molecule has 0 radical (unpaired) electrons. The third-order valence-corrected chi connectivity index (χ3v) is 6.35. The molecular formula is C21H26N2O4S. The lowest BCUT2D eigenvalue weighted by molar-refractivity contribution is -0.121. The Kier molecular flexibility index (Phi) is 6.57. The van der Waals surface area contributed by atoms with E-state index in [-0.39, 0.29) is 18.2 Å². The Morgan fingerprint density at radius 1 is 1.14 bits per heavy atom. The summed E-state index contributed by atoms with van der Waals surface area (Å²) >= 11 is 1.53. The third-order valence-electron chi connectivity index (χ3n) is 5.11. The average molecular weight is 403 g/mol. The molecule has 0 aliphatic heterocycles. The van der Waals surface area contributed by atoms with Crippen LogP contribution in [0.5, 0.6) is 11.5 Å². The van der Waals surface area contributed by atoms with Crippen LogP contribution >= 0.6 is 11.3 Å². The summed E-state index contributed by atoms with van der Waals surface area (Å²) in [5.41, 5.74) is 7.06. The number of carbonyl (C=O) groups is 2. The normalized spacial score (nSPS) is 15.5. The Labute approximate surface area is 169 Å².